The van der Waals surface area contributed by atoms with Gasteiger partial charge in [0.25, 0.3) is 5.91 Å². The van der Waals surface area contributed by atoms with Crippen LogP contribution in [0.2, 0.25) is 5.02 Å². The smallest absolute Gasteiger partial charge is 0.353 e. The number of hydrogen-bond acceptors (Lipinski definition) is 6. The first-order chi connectivity index (χ1) is 14.0. The lowest BCUT2D eigenvalue weighted by Crippen LogP contribution is -2.36. The van der Waals surface area contributed by atoms with E-state index >= 15 is 0 Å². The molecule has 0 saturated heterocycles. The van der Waals surface area contributed by atoms with Crippen molar-refractivity contribution in [2.24, 2.45) is 0 Å². The Balaban J connectivity index is 1.89. The van der Waals surface area contributed by atoms with E-state index in [0.29, 0.717) is 5.02 Å². The van der Waals surface area contributed by atoms with Gasteiger partial charge in [-0.2, -0.15) is 0 Å². The summed E-state index contributed by atoms with van der Waals surface area (Å²) in [5.74, 6) is -2.13. The van der Waals surface area contributed by atoms with E-state index in [1.165, 1.54) is 0 Å². The Labute approximate surface area is 177 Å². The van der Waals surface area contributed by atoms with E-state index in [2.05, 4.69) is 5.32 Å². The van der Waals surface area contributed by atoms with Crippen molar-refractivity contribution in [1.82, 2.24) is 5.32 Å². The third-order valence-electron chi connectivity index (χ3n) is 4.10. The van der Waals surface area contributed by atoms with Crippen LogP contribution in [0.5, 0.6) is 5.75 Å². The van der Waals surface area contributed by atoms with Crippen LogP contribution in [0.1, 0.15) is 31.1 Å². The lowest BCUT2D eigenvalue weighted by atomic mass is 10.0. The summed E-state index contributed by atoms with van der Waals surface area (Å²) in [6.07, 6.45) is 0. The van der Waals surface area contributed by atoms with Crippen molar-refractivity contribution < 1.29 is 23.8 Å². The van der Waals surface area contributed by atoms with E-state index in [4.69, 9.17) is 20.8 Å². The number of benzene rings is 2. The zero-order chi connectivity index (χ0) is 22.1. The monoisotopic (exact) mass is 429 g/mol. The Morgan fingerprint density at radius 3 is 2.37 bits per heavy atom. The molecular formula is C22H20ClNO6. The fourth-order valence-corrected chi connectivity index (χ4v) is 2.95. The van der Waals surface area contributed by atoms with Crippen LogP contribution in [0.3, 0.4) is 0 Å². The van der Waals surface area contributed by atoms with Crippen molar-refractivity contribution in [2.75, 3.05) is 6.54 Å². The first-order valence-corrected chi connectivity index (χ1v) is 9.49. The number of hydrogen-bond donors (Lipinski definition) is 2. The van der Waals surface area contributed by atoms with Crippen molar-refractivity contribution in [3.05, 3.63) is 63.5 Å². The van der Waals surface area contributed by atoms with Crippen LogP contribution in [-0.4, -0.2) is 29.1 Å². The molecule has 0 aliphatic rings. The number of aromatic hydroxyl groups is 1. The van der Waals surface area contributed by atoms with E-state index in [-0.39, 0.29) is 11.0 Å². The van der Waals surface area contributed by atoms with E-state index in [9.17, 15) is 19.5 Å². The zero-order valence-corrected chi connectivity index (χ0v) is 17.4. The highest BCUT2D eigenvalue weighted by molar-refractivity contribution is 6.30. The van der Waals surface area contributed by atoms with Crippen LogP contribution in [0.15, 0.2) is 51.7 Å². The summed E-state index contributed by atoms with van der Waals surface area (Å²) >= 11 is 5.90. The van der Waals surface area contributed by atoms with Gasteiger partial charge < -0.3 is 19.6 Å². The molecule has 0 saturated carbocycles. The van der Waals surface area contributed by atoms with Crippen LogP contribution < -0.4 is 10.9 Å². The van der Waals surface area contributed by atoms with Gasteiger partial charge in [0, 0.05) is 5.02 Å². The maximum absolute atomic E-state index is 12.4. The third-order valence-corrected chi connectivity index (χ3v) is 4.35. The van der Waals surface area contributed by atoms with Crippen molar-refractivity contribution in [3.63, 3.8) is 0 Å². The maximum Gasteiger partial charge on any atom is 0.353 e. The summed E-state index contributed by atoms with van der Waals surface area (Å²) in [7, 11) is 0. The van der Waals surface area contributed by atoms with Crippen LogP contribution >= 0.6 is 11.6 Å². The second kappa shape index (κ2) is 8.20. The number of ether oxygens (including phenoxy) is 1. The molecule has 156 valence electrons. The third kappa shape index (κ3) is 4.80. The Morgan fingerprint density at radius 2 is 1.73 bits per heavy atom. The van der Waals surface area contributed by atoms with Gasteiger partial charge in [-0.25, -0.2) is 4.79 Å². The van der Waals surface area contributed by atoms with Gasteiger partial charge >= 0.3 is 11.6 Å². The molecule has 0 aliphatic carbocycles. The molecule has 30 heavy (non-hydrogen) atoms. The van der Waals surface area contributed by atoms with Gasteiger partial charge in [0.2, 0.25) is 0 Å². The standard InChI is InChI=1S/C22H20ClNO6/c1-22(2,3)30-17(25)11-24-20(27)18-19(26)15-9-6-13(10-16(15)29-21(18)28)12-4-7-14(23)8-5-12/h4-10,26H,11H2,1-3H3,(H,24,27). The second-order valence-electron chi connectivity index (χ2n) is 7.60. The van der Waals surface area contributed by atoms with Crippen LogP contribution in [0.25, 0.3) is 22.1 Å². The van der Waals surface area contributed by atoms with Gasteiger partial charge in [-0.15, -0.1) is 0 Å². The van der Waals surface area contributed by atoms with E-state index in [1.54, 1.807) is 63.2 Å². The molecular weight excluding hydrogens is 410 g/mol. The molecule has 0 fully saturated rings. The molecule has 0 unspecified atom stereocenters. The minimum Gasteiger partial charge on any atom is -0.506 e. The van der Waals surface area contributed by atoms with Gasteiger partial charge in [0.15, 0.2) is 5.56 Å². The van der Waals surface area contributed by atoms with Crippen molar-refractivity contribution in [3.8, 4) is 16.9 Å². The number of fused-ring (bicyclic) bond motifs is 1. The van der Waals surface area contributed by atoms with Crippen molar-refractivity contribution in [1.29, 1.82) is 0 Å². The summed E-state index contributed by atoms with van der Waals surface area (Å²) < 4.78 is 10.3. The van der Waals surface area contributed by atoms with Gasteiger partial charge in [0.1, 0.15) is 23.5 Å². The topological polar surface area (TPSA) is 106 Å². The fraction of sp³-hybridized carbons (Fsp3) is 0.227. The molecule has 2 aromatic carbocycles. The number of rotatable bonds is 4. The maximum atomic E-state index is 12.4. The molecule has 7 nitrogen and oxygen atoms in total. The molecule has 1 aromatic heterocycles. The lowest BCUT2D eigenvalue weighted by molar-refractivity contribution is -0.153. The lowest BCUT2D eigenvalue weighted by Gasteiger charge is -2.19. The Bertz CT molecular complexity index is 1180. The molecule has 0 bridgehead atoms. The van der Waals surface area contributed by atoms with Crippen molar-refractivity contribution in [2.45, 2.75) is 26.4 Å². The Morgan fingerprint density at radius 1 is 1.10 bits per heavy atom. The van der Waals surface area contributed by atoms with Crippen LogP contribution in [0.4, 0.5) is 0 Å². The summed E-state index contributed by atoms with van der Waals surface area (Å²) in [5.41, 5.74) is -0.617. The first-order valence-electron chi connectivity index (χ1n) is 9.11. The molecule has 0 radical (unpaired) electrons. The highest BCUT2D eigenvalue weighted by Gasteiger charge is 2.23. The predicted octanol–water partition coefficient (Wildman–Crippen LogP) is 3.89. The number of carbonyl (C=O) groups is 2. The summed E-state index contributed by atoms with van der Waals surface area (Å²) in [6, 6.07) is 11.9. The number of nitrogens with one attached hydrogen (secondary N) is 1. The molecule has 0 aliphatic heterocycles. The average Bonchev–Trinajstić information content (AvgIpc) is 2.65. The van der Waals surface area contributed by atoms with Gasteiger partial charge in [0.05, 0.1) is 5.39 Å². The normalized spacial score (nSPS) is 11.3. The molecule has 1 heterocycles. The summed E-state index contributed by atoms with van der Waals surface area (Å²) in [5, 5.41) is 13.5. The molecule has 3 rings (SSSR count). The molecule has 1 amide bonds. The quantitative estimate of drug-likeness (QED) is 0.481. The SMILES string of the molecule is CC(C)(C)OC(=O)CNC(=O)c1c(O)c2ccc(-c3ccc(Cl)cc3)cc2oc1=O. The number of esters is 1. The zero-order valence-electron chi connectivity index (χ0n) is 16.6. The Kier molecular flexibility index (Phi) is 5.85. The number of amides is 1. The Hall–Kier alpha value is -3.32. The van der Waals surface area contributed by atoms with Gasteiger partial charge in [-0.3, -0.25) is 9.59 Å². The first kappa shape index (κ1) is 21.4. The minimum atomic E-state index is -1.02. The molecule has 3 aromatic rings. The average molecular weight is 430 g/mol. The highest BCUT2D eigenvalue weighted by Crippen LogP contribution is 2.30. The number of carbonyl (C=O) groups excluding carboxylic acids is 2. The van der Waals surface area contributed by atoms with Gasteiger partial charge in [-0.1, -0.05) is 29.8 Å². The molecule has 0 atom stereocenters. The predicted molar refractivity (Wildman–Crippen MR) is 113 cm³/mol. The van der Waals surface area contributed by atoms with E-state index < -0.39 is 41.0 Å². The highest BCUT2D eigenvalue weighted by atomic mass is 35.5. The van der Waals surface area contributed by atoms with Crippen LogP contribution in [-0.2, 0) is 9.53 Å². The second-order valence-corrected chi connectivity index (χ2v) is 8.04. The molecule has 0 spiro atoms. The molecule has 8 heteroatoms. The molecule has 2 N–H and O–H groups in total. The van der Waals surface area contributed by atoms with E-state index in [0.717, 1.165) is 11.1 Å². The van der Waals surface area contributed by atoms with Crippen molar-refractivity contribution >= 4 is 34.4 Å². The largest absolute Gasteiger partial charge is 0.506 e. The minimum absolute atomic E-state index is 0.119. The number of halogens is 1. The van der Waals surface area contributed by atoms with Crippen LogP contribution in [0, 0.1) is 0 Å². The fourth-order valence-electron chi connectivity index (χ4n) is 2.83. The van der Waals surface area contributed by atoms with E-state index in [1.807, 2.05) is 0 Å². The van der Waals surface area contributed by atoms with Gasteiger partial charge in [-0.05, 0) is 56.2 Å². The summed E-state index contributed by atoms with van der Waals surface area (Å²) in [6.45, 7) is 4.61. The summed E-state index contributed by atoms with van der Waals surface area (Å²) in [4.78, 5) is 36.5.